The quantitative estimate of drug-likeness (QED) is 0.314. The van der Waals surface area contributed by atoms with Crippen molar-refractivity contribution in [2.45, 2.75) is 19.4 Å². The average Bonchev–Trinajstić information content (AvgIpc) is 3.41. The fourth-order valence-corrected chi connectivity index (χ4v) is 4.39. The molecule has 29 heavy (non-hydrogen) atoms. The smallest absolute Gasteiger partial charge is 0.346 e. The van der Waals surface area contributed by atoms with Crippen molar-refractivity contribution in [1.29, 1.82) is 0 Å². The predicted molar refractivity (Wildman–Crippen MR) is 102 cm³/mol. The molecule has 2 aliphatic carbocycles. The van der Waals surface area contributed by atoms with Crippen molar-refractivity contribution >= 4 is 24.0 Å². The summed E-state index contributed by atoms with van der Waals surface area (Å²) in [5, 5.41) is 5.15. The van der Waals surface area contributed by atoms with E-state index in [0.29, 0.717) is 17.1 Å². The standard InChI is InChI=1S/C21H22N2O6/c1-11(21(26)28-3)29-15-7-4-12(8-16(15)27-2)10-22-23-19(24)17-13-5-6-14(9-13)18(17)20(23)25/h4-8,10-11,13-14,17-18H,9H2,1-3H3/t11-,13+,14+,17-,18+/m1/s1. The SMILES string of the molecule is COC(=O)[C@@H](C)Oc1ccc(C=NN2C(=O)[C@@H]3[C@H](C2=O)[C@H]2C=C[C@H]3C2)cc1OC. The Morgan fingerprint density at radius 1 is 1.14 bits per heavy atom. The summed E-state index contributed by atoms with van der Waals surface area (Å²) >= 11 is 0. The fraction of sp³-hybridized carbons (Fsp3) is 0.429. The Balaban J connectivity index is 1.50. The highest BCUT2D eigenvalue weighted by molar-refractivity contribution is 6.06. The molecule has 1 saturated heterocycles. The second-order valence-corrected chi connectivity index (χ2v) is 7.43. The first-order valence-corrected chi connectivity index (χ1v) is 9.47. The third-order valence-electron chi connectivity index (χ3n) is 5.79. The number of hydrogen-bond acceptors (Lipinski definition) is 7. The van der Waals surface area contributed by atoms with Gasteiger partial charge in [0.25, 0.3) is 11.8 Å². The first-order chi connectivity index (χ1) is 13.9. The summed E-state index contributed by atoms with van der Waals surface area (Å²) in [6, 6.07) is 4.98. The molecule has 0 unspecified atom stereocenters. The number of esters is 1. The number of carbonyl (C=O) groups is 3. The molecular weight excluding hydrogens is 376 g/mol. The van der Waals surface area contributed by atoms with Gasteiger partial charge in [-0.3, -0.25) is 9.59 Å². The predicted octanol–water partition coefficient (Wildman–Crippen LogP) is 1.78. The minimum absolute atomic E-state index is 0.148. The van der Waals surface area contributed by atoms with Gasteiger partial charge in [0.05, 0.1) is 32.3 Å². The van der Waals surface area contributed by atoms with Gasteiger partial charge in [-0.25, -0.2) is 4.79 Å². The summed E-state index contributed by atoms with van der Waals surface area (Å²) < 4.78 is 15.5. The van der Waals surface area contributed by atoms with E-state index in [4.69, 9.17) is 9.47 Å². The molecule has 0 radical (unpaired) electrons. The van der Waals surface area contributed by atoms with Crippen LogP contribution in [0.5, 0.6) is 11.5 Å². The summed E-state index contributed by atoms with van der Waals surface area (Å²) in [6.07, 6.45) is 5.62. The monoisotopic (exact) mass is 398 g/mol. The fourth-order valence-electron chi connectivity index (χ4n) is 4.39. The summed E-state index contributed by atoms with van der Waals surface area (Å²) in [6.45, 7) is 1.57. The number of hydrogen-bond donors (Lipinski definition) is 0. The summed E-state index contributed by atoms with van der Waals surface area (Å²) in [5.74, 6) is -0.461. The second kappa shape index (κ2) is 7.35. The van der Waals surface area contributed by atoms with Gasteiger partial charge < -0.3 is 14.2 Å². The van der Waals surface area contributed by atoms with E-state index in [1.165, 1.54) is 20.4 Å². The Kier molecular flexibility index (Phi) is 4.86. The van der Waals surface area contributed by atoms with E-state index in [2.05, 4.69) is 9.84 Å². The Hall–Kier alpha value is -3.16. The van der Waals surface area contributed by atoms with Crippen LogP contribution in [-0.4, -0.2) is 49.3 Å². The molecule has 5 atom stereocenters. The van der Waals surface area contributed by atoms with Gasteiger partial charge in [-0.05, 0) is 48.9 Å². The minimum Gasteiger partial charge on any atom is -0.493 e. The number of carbonyl (C=O) groups excluding carboxylic acids is 3. The zero-order chi connectivity index (χ0) is 20.7. The van der Waals surface area contributed by atoms with Gasteiger partial charge in [0.15, 0.2) is 17.6 Å². The molecule has 1 saturated carbocycles. The van der Waals surface area contributed by atoms with E-state index in [1.807, 2.05) is 12.2 Å². The lowest BCUT2D eigenvalue weighted by molar-refractivity contribution is -0.148. The molecule has 2 fully saturated rings. The van der Waals surface area contributed by atoms with Crippen LogP contribution in [0.3, 0.4) is 0 Å². The molecule has 3 aliphatic rings. The van der Waals surface area contributed by atoms with Gasteiger partial charge in [0.1, 0.15) is 0 Å². The number of fused-ring (bicyclic) bond motifs is 5. The normalized spacial score (nSPS) is 28.2. The molecule has 8 heteroatoms. The molecule has 1 aliphatic heterocycles. The lowest BCUT2D eigenvalue weighted by Gasteiger charge is -2.15. The largest absolute Gasteiger partial charge is 0.493 e. The maximum absolute atomic E-state index is 12.7. The van der Waals surface area contributed by atoms with Gasteiger partial charge in [-0.15, -0.1) is 0 Å². The molecule has 152 valence electrons. The molecule has 2 bridgehead atoms. The number of benzene rings is 1. The maximum atomic E-state index is 12.7. The van der Waals surface area contributed by atoms with Crippen LogP contribution >= 0.6 is 0 Å². The number of allylic oxidation sites excluding steroid dienone is 2. The number of imide groups is 1. The molecule has 4 rings (SSSR count). The van der Waals surface area contributed by atoms with Crippen molar-refractivity contribution in [3.05, 3.63) is 35.9 Å². The molecule has 2 amide bonds. The van der Waals surface area contributed by atoms with Crippen molar-refractivity contribution in [2.75, 3.05) is 14.2 Å². The first kappa shape index (κ1) is 19.2. The topological polar surface area (TPSA) is 94.5 Å². The molecule has 1 aromatic carbocycles. The second-order valence-electron chi connectivity index (χ2n) is 7.43. The highest BCUT2D eigenvalue weighted by Crippen LogP contribution is 2.52. The number of methoxy groups -OCH3 is 2. The minimum atomic E-state index is -0.795. The van der Waals surface area contributed by atoms with Crippen LogP contribution in [0.2, 0.25) is 0 Å². The molecule has 0 N–H and O–H groups in total. The molecule has 0 spiro atoms. The van der Waals surface area contributed by atoms with E-state index in [0.717, 1.165) is 11.4 Å². The van der Waals surface area contributed by atoms with E-state index < -0.39 is 12.1 Å². The van der Waals surface area contributed by atoms with Crippen LogP contribution in [0, 0.1) is 23.7 Å². The zero-order valence-corrected chi connectivity index (χ0v) is 16.4. The van der Waals surface area contributed by atoms with Crippen LogP contribution in [-0.2, 0) is 19.1 Å². The molecular formula is C21H22N2O6. The van der Waals surface area contributed by atoms with Gasteiger partial charge in [0.2, 0.25) is 0 Å². The zero-order valence-electron chi connectivity index (χ0n) is 16.4. The van der Waals surface area contributed by atoms with Crippen molar-refractivity contribution < 1.29 is 28.6 Å². The van der Waals surface area contributed by atoms with E-state index in [9.17, 15) is 14.4 Å². The Morgan fingerprint density at radius 3 is 2.38 bits per heavy atom. The van der Waals surface area contributed by atoms with Crippen molar-refractivity contribution in [3.63, 3.8) is 0 Å². The first-order valence-electron chi connectivity index (χ1n) is 9.47. The lowest BCUT2D eigenvalue weighted by atomic mass is 9.85. The van der Waals surface area contributed by atoms with Crippen molar-refractivity contribution in [1.82, 2.24) is 5.01 Å². The lowest BCUT2D eigenvalue weighted by Crippen LogP contribution is -2.28. The third-order valence-corrected chi connectivity index (χ3v) is 5.79. The highest BCUT2D eigenvalue weighted by atomic mass is 16.6. The van der Waals surface area contributed by atoms with Crippen LogP contribution < -0.4 is 9.47 Å². The van der Waals surface area contributed by atoms with E-state index in [1.54, 1.807) is 25.1 Å². The Bertz CT molecular complexity index is 894. The van der Waals surface area contributed by atoms with E-state index >= 15 is 0 Å². The number of hydrazone groups is 1. The molecule has 1 aromatic rings. The van der Waals surface area contributed by atoms with Gasteiger partial charge in [-0.1, -0.05) is 12.2 Å². The van der Waals surface area contributed by atoms with Crippen LogP contribution in [0.1, 0.15) is 18.9 Å². The maximum Gasteiger partial charge on any atom is 0.346 e. The molecule has 8 nitrogen and oxygen atoms in total. The number of nitrogens with zero attached hydrogens (tertiary/aromatic N) is 2. The van der Waals surface area contributed by atoms with Crippen LogP contribution in [0.15, 0.2) is 35.5 Å². The van der Waals surface area contributed by atoms with Crippen molar-refractivity contribution in [3.8, 4) is 11.5 Å². The van der Waals surface area contributed by atoms with Gasteiger partial charge in [0, 0.05) is 0 Å². The molecule has 0 aromatic heterocycles. The Labute approximate surface area is 168 Å². The van der Waals surface area contributed by atoms with E-state index in [-0.39, 0.29) is 35.5 Å². The van der Waals surface area contributed by atoms with Crippen molar-refractivity contribution in [2.24, 2.45) is 28.8 Å². The van der Waals surface area contributed by atoms with Crippen LogP contribution in [0.25, 0.3) is 0 Å². The van der Waals surface area contributed by atoms with Crippen LogP contribution in [0.4, 0.5) is 0 Å². The number of amides is 2. The van der Waals surface area contributed by atoms with Gasteiger partial charge >= 0.3 is 5.97 Å². The summed E-state index contributed by atoms with van der Waals surface area (Å²) in [7, 11) is 2.76. The van der Waals surface area contributed by atoms with Gasteiger partial charge in [-0.2, -0.15) is 10.1 Å². The number of rotatable bonds is 6. The Morgan fingerprint density at radius 2 is 1.79 bits per heavy atom. The highest BCUT2D eigenvalue weighted by Gasteiger charge is 2.59. The average molecular weight is 398 g/mol. The number of ether oxygens (including phenoxy) is 3. The third kappa shape index (κ3) is 3.18. The summed E-state index contributed by atoms with van der Waals surface area (Å²) in [4.78, 5) is 36.9. The summed E-state index contributed by atoms with van der Waals surface area (Å²) in [5.41, 5.74) is 0.624. The molecule has 1 heterocycles.